The smallest absolute Gasteiger partial charge is 0.307 e. The zero-order chi connectivity index (χ0) is 27.4. The van der Waals surface area contributed by atoms with Crippen LogP contribution >= 0.6 is 0 Å². The van der Waals surface area contributed by atoms with Crippen LogP contribution in [0, 0.1) is 5.82 Å². The van der Waals surface area contributed by atoms with Gasteiger partial charge in [-0.05, 0) is 56.7 Å². The van der Waals surface area contributed by atoms with Gasteiger partial charge >= 0.3 is 5.97 Å². The number of nitrogens with one attached hydrogen (secondary N) is 1. The summed E-state index contributed by atoms with van der Waals surface area (Å²) >= 11 is -1.39. The van der Waals surface area contributed by atoms with Gasteiger partial charge in [0, 0.05) is 39.6 Å². The molecule has 0 aliphatic carbocycles. The number of furan rings is 1. The van der Waals surface area contributed by atoms with E-state index < -0.39 is 27.9 Å². The number of carbonyl (C=O) groups is 1. The highest BCUT2D eigenvalue weighted by atomic mass is 32.2. The SMILES string of the molecule is COc1cccc(CC(=O)O)c1OCc1cc(-c2ccnc(CN[S@@+]([O-])C(C)(C)C)c2F)c2occc2c1. The van der Waals surface area contributed by atoms with Crippen LogP contribution in [-0.4, -0.2) is 32.5 Å². The number of aromatic nitrogens is 1. The number of rotatable bonds is 10. The fourth-order valence-electron chi connectivity index (χ4n) is 3.94. The number of hydrogen-bond acceptors (Lipinski definition) is 7. The normalized spacial score (nSPS) is 12.5. The number of carboxylic acids is 1. The van der Waals surface area contributed by atoms with E-state index in [1.54, 1.807) is 36.4 Å². The first-order chi connectivity index (χ1) is 18.1. The van der Waals surface area contributed by atoms with E-state index in [-0.39, 0.29) is 30.8 Å². The van der Waals surface area contributed by atoms with Gasteiger partial charge < -0.3 is 23.6 Å². The van der Waals surface area contributed by atoms with Crippen LogP contribution in [0.15, 0.2) is 59.3 Å². The van der Waals surface area contributed by atoms with Crippen molar-refractivity contribution in [2.75, 3.05) is 7.11 Å². The Labute approximate surface area is 223 Å². The Morgan fingerprint density at radius 1 is 1.21 bits per heavy atom. The maximum Gasteiger partial charge on any atom is 0.307 e. The molecule has 2 N–H and O–H groups in total. The van der Waals surface area contributed by atoms with E-state index in [1.165, 1.54) is 19.6 Å². The molecular formula is C28H29FN2O6S. The van der Waals surface area contributed by atoms with Gasteiger partial charge in [0.15, 0.2) is 17.3 Å². The predicted octanol–water partition coefficient (Wildman–Crippen LogP) is 5.40. The van der Waals surface area contributed by atoms with Crippen LogP contribution in [-0.2, 0) is 35.7 Å². The quantitative estimate of drug-likeness (QED) is 0.257. The summed E-state index contributed by atoms with van der Waals surface area (Å²) in [6, 6.07) is 12.0. The second-order valence-electron chi connectivity index (χ2n) is 9.61. The van der Waals surface area contributed by atoms with Crippen molar-refractivity contribution in [3.8, 4) is 22.6 Å². The summed E-state index contributed by atoms with van der Waals surface area (Å²) in [6.07, 6.45) is 2.80. The molecule has 0 amide bonds. The third-order valence-corrected chi connectivity index (χ3v) is 7.31. The van der Waals surface area contributed by atoms with Gasteiger partial charge in [0.2, 0.25) is 0 Å². The van der Waals surface area contributed by atoms with Crippen LogP contribution in [0.25, 0.3) is 22.1 Å². The maximum atomic E-state index is 15.6. The Bertz CT molecular complexity index is 1450. The number of benzene rings is 2. The van der Waals surface area contributed by atoms with E-state index in [0.29, 0.717) is 33.8 Å². The molecule has 2 aromatic heterocycles. The standard InChI is InChI=1S/C28H29FN2O6S/c1-28(2,3)38(34)31-15-22-25(29)20(8-10-30-22)21-13-17(12-19-9-11-36-26(19)21)16-37-27-18(14-24(32)33)6-5-7-23(27)35-4/h5-13,31H,14-16H2,1-4H3,(H,32,33)/t38-/m0/s1. The van der Waals surface area contributed by atoms with Crippen LogP contribution in [0.1, 0.15) is 37.6 Å². The van der Waals surface area contributed by atoms with Crippen LogP contribution in [0.2, 0.25) is 0 Å². The number of ether oxygens (including phenoxy) is 2. The van der Waals surface area contributed by atoms with Crippen LogP contribution in [0.5, 0.6) is 11.5 Å². The van der Waals surface area contributed by atoms with E-state index in [0.717, 1.165) is 5.39 Å². The van der Waals surface area contributed by atoms with Gasteiger partial charge in [-0.25, -0.2) is 4.39 Å². The fourth-order valence-corrected chi connectivity index (χ4v) is 4.64. The zero-order valence-electron chi connectivity index (χ0n) is 21.5. The summed E-state index contributed by atoms with van der Waals surface area (Å²) in [6.45, 7) is 5.55. The second-order valence-corrected chi connectivity index (χ2v) is 11.7. The molecule has 200 valence electrons. The highest BCUT2D eigenvalue weighted by Gasteiger charge is 2.27. The van der Waals surface area contributed by atoms with Crippen LogP contribution < -0.4 is 14.2 Å². The maximum absolute atomic E-state index is 15.6. The van der Waals surface area contributed by atoms with Crippen molar-refractivity contribution in [1.29, 1.82) is 0 Å². The van der Waals surface area contributed by atoms with E-state index >= 15 is 4.39 Å². The van der Waals surface area contributed by atoms with Crippen LogP contribution in [0.3, 0.4) is 0 Å². The van der Waals surface area contributed by atoms with Crippen molar-refractivity contribution in [3.63, 3.8) is 0 Å². The summed E-state index contributed by atoms with van der Waals surface area (Å²) in [5.74, 6) is -0.787. The van der Waals surface area contributed by atoms with Gasteiger partial charge in [-0.2, -0.15) is 0 Å². The Balaban J connectivity index is 1.66. The molecule has 0 unspecified atom stereocenters. The highest BCUT2D eigenvalue weighted by Crippen LogP contribution is 2.35. The molecule has 2 aromatic carbocycles. The molecule has 1 atom stereocenters. The van der Waals surface area contributed by atoms with Gasteiger partial charge in [-0.1, -0.05) is 12.1 Å². The third-order valence-electron chi connectivity index (χ3n) is 5.79. The van der Waals surface area contributed by atoms with E-state index in [9.17, 15) is 14.5 Å². The molecule has 10 heteroatoms. The zero-order valence-corrected chi connectivity index (χ0v) is 22.4. The van der Waals surface area contributed by atoms with Gasteiger partial charge in [0.25, 0.3) is 0 Å². The minimum Gasteiger partial charge on any atom is -0.598 e. The lowest BCUT2D eigenvalue weighted by Crippen LogP contribution is -2.39. The third kappa shape index (κ3) is 6.09. The average Bonchev–Trinajstić information content (AvgIpc) is 3.34. The number of methoxy groups -OCH3 is 1. The van der Waals surface area contributed by atoms with Crippen molar-refractivity contribution in [1.82, 2.24) is 9.71 Å². The average molecular weight is 541 g/mol. The molecule has 0 fully saturated rings. The second kappa shape index (κ2) is 11.4. The number of aliphatic carboxylic acids is 1. The summed E-state index contributed by atoms with van der Waals surface area (Å²) in [4.78, 5) is 15.5. The monoisotopic (exact) mass is 540 g/mol. The summed E-state index contributed by atoms with van der Waals surface area (Å²) in [7, 11) is 1.48. The first-order valence-electron chi connectivity index (χ1n) is 11.9. The van der Waals surface area contributed by atoms with Gasteiger partial charge in [-0.15, -0.1) is 4.72 Å². The lowest BCUT2D eigenvalue weighted by atomic mass is 10.00. The molecule has 2 heterocycles. The minimum absolute atomic E-state index is 0.00614. The molecule has 0 radical (unpaired) electrons. The van der Waals surface area contributed by atoms with Crippen molar-refractivity contribution >= 4 is 28.3 Å². The van der Waals surface area contributed by atoms with Crippen molar-refractivity contribution < 1.29 is 32.7 Å². The number of halogens is 1. The van der Waals surface area contributed by atoms with E-state index in [1.807, 2.05) is 26.8 Å². The Morgan fingerprint density at radius 2 is 2.00 bits per heavy atom. The first-order valence-corrected chi connectivity index (χ1v) is 13.0. The predicted molar refractivity (Wildman–Crippen MR) is 143 cm³/mol. The Hall–Kier alpha value is -3.60. The lowest BCUT2D eigenvalue weighted by molar-refractivity contribution is -0.136. The number of carboxylic acid groups (broad SMARTS) is 1. The number of pyridine rings is 1. The van der Waals surface area contributed by atoms with Gasteiger partial charge in [0.05, 0.1) is 32.0 Å². The fraction of sp³-hybridized carbons (Fsp3) is 0.286. The number of para-hydroxylation sites is 1. The number of hydrogen-bond donors (Lipinski definition) is 2. The molecule has 0 aliphatic heterocycles. The molecule has 0 spiro atoms. The highest BCUT2D eigenvalue weighted by molar-refractivity contribution is 7.90. The van der Waals surface area contributed by atoms with E-state index in [4.69, 9.17) is 13.9 Å². The molecule has 38 heavy (non-hydrogen) atoms. The van der Waals surface area contributed by atoms with Crippen LogP contribution in [0.4, 0.5) is 4.39 Å². The van der Waals surface area contributed by atoms with Crippen molar-refractivity contribution in [2.24, 2.45) is 0 Å². The molecule has 0 saturated heterocycles. The molecule has 0 saturated carbocycles. The Morgan fingerprint density at radius 3 is 2.71 bits per heavy atom. The Kier molecular flexibility index (Phi) is 8.25. The summed E-state index contributed by atoms with van der Waals surface area (Å²) in [5, 5.41) is 10.0. The van der Waals surface area contributed by atoms with E-state index in [2.05, 4.69) is 9.71 Å². The molecular weight excluding hydrogens is 511 g/mol. The summed E-state index contributed by atoms with van der Waals surface area (Å²) < 4.78 is 47.5. The number of nitrogens with zero attached hydrogens (tertiary/aromatic N) is 1. The lowest BCUT2D eigenvalue weighted by Gasteiger charge is -2.23. The summed E-state index contributed by atoms with van der Waals surface area (Å²) in [5.41, 5.74) is 2.62. The molecule has 0 aliphatic rings. The molecule has 4 aromatic rings. The van der Waals surface area contributed by atoms with Crippen molar-refractivity contribution in [2.45, 2.75) is 45.1 Å². The number of fused-ring (bicyclic) bond motifs is 1. The molecule has 8 nitrogen and oxygen atoms in total. The van der Waals surface area contributed by atoms with Gasteiger partial charge in [0.1, 0.15) is 16.9 Å². The minimum atomic E-state index is -1.39. The van der Waals surface area contributed by atoms with Crippen molar-refractivity contribution in [3.05, 3.63) is 77.6 Å². The first kappa shape index (κ1) is 27.4. The molecule has 4 rings (SSSR count). The van der Waals surface area contributed by atoms with Gasteiger partial charge in [-0.3, -0.25) is 9.78 Å². The largest absolute Gasteiger partial charge is 0.598 e. The molecule has 0 bridgehead atoms. The topological polar surface area (TPSA) is 117 Å².